The summed E-state index contributed by atoms with van der Waals surface area (Å²) in [7, 11) is 0. The molecule has 0 bridgehead atoms. The van der Waals surface area contributed by atoms with Crippen LogP contribution in [-0.4, -0.2) is 32.7 Å². The molecule has 0 N–H and O–H groups in total. The van der Waals surface area contributed by atoms with Crippen LogP contribution in [0.3, 0.4) is 0 Å². The number of imidazole rings is 1. The summed E-state index contributed by atoms with van der Waals surface area (Å²) in [4.78, 5) is 9.03. The van der Waals surface area contributed by atoms with Gasteiger partial charge in [-0.3, -0.25) is 4.40 Å². The number of hydrogen-bond donors (Lipinski definition) is 0. The zero-order valence-corrected chi connectivity index (χ0v) is 11.1. The first-order valence-corrected chi connectivity index (χ1v) is 6.68. The summed E-state index contributed by atoms with van der Waals surface area (Å²) in [5.41, 5.74) is 2.62. The number of fused-ring (bicyclic) bond motifs is 1. The van der Waals surface area contributed by atoms with E-state index in [2.05, 4.69) is 15.1 Å². The molecule has 4 heterocycles. The van der Waals surface area contributed by atoms with E-state index in [1.165, 1.54) is 0 Å². The molecule has 0 amide bonds. The van der Waals surface area contributed by atoms with Gasteiger partial charge in [-0.25, -0.2) is 4.98 Å². The summed E-state index contributed by atoms with van der Waals surface area (Å²) >= 11 is 0. The van der Waals surface area contributed by atoms with E-state index >= 15 is 0 Å². The Hall–Kier alpha value is -2.21. The molecular formula is C14H14N4O2. The topological polar surface area (TPSA) is 65.5 Å². The lowest BCUT2D eigenvalue weighted by Crippen LogP contribution is -1.99. The molecule has 1 atom stereocenters. The number of nitrogens with zero attached hydrogens (tertiary/aromatic N) is 4. The minimum absolute atomic E-state index is 0.243. The van der Waals surface area contributed by atoms with E-state index in [1.807, 2.05) is 35.7 Å². The van der Waals surface area contributed by atoms with Crippen LogP contribution < -0.4 is 0 Å². The zero-order chi connectivity index (χ0) is 13.5. The molecular weight excluding hydrogens is 256 g/mol. The number of aromatic nitrogens is 4. The minimum Gasteiger partial charge on any atom is -0.381 e. The van der Waals surface area contributed by atoms with Crippen molar-refractivity contribution in [2.24, 2.45) is 0 Å². The van der Waals surface area contributed by atoms with Crippen molar-refractivity contribution >= 4 is 5.65 Å². The highest BCUT2D eigenvalue weighted by atomic mass is 16.5. The standard InChI is InChI=1S/C14H14N4O2/c1-9-12(18-6-3-2-4-11(18)15-9)14-16-13(17-20-14)10-5-7-19-8-10/h2-4,6,10H,5,7-8H2,1H3/t10-/m0/s1. The van der Waals surface area contributed by atoms with Gasteiger partial charge < -0.3 is 9.26 Å². The number of rotatable bonds is 2. The van der Waals surface area contributed by atoms with Crippen molar-refractivity contribution in [2.75, 3.05) is 13.2 Å². The van der Waals surface area contributed by atoms with Gasteiger partial charge in [0.05, 0.1) is 12.3 Å². The van der Waals surface area contributed by atoms with Gasteiger partial charge in [-0.05, 0) is 25.5 Å². The Morgan fingerprint density at radius 2 is 2.25 bits per heavy atom. The average molecular weight is 270 g/mol. The van der Waals surface area contributed by atoms with Crippen LogP contribution >= 0.6 is 0 Å². The SMILES string of the molecule is Cc1nc2ccccn2c1-c1nc([C@H]2CCOC2)no1. The molecule has 6 nitrogen and oxygen atoms in total. The zero-order valence-electron chi connectivity index (χ0n) is 11.1. The summed E-state index contributed by atoms with van der Waals surface area (Å²) in [5, 5.41) is 4.09. The smallest absolute Gasteiger partial charge is 0.276 e. The van der Waals surface area contributed by atoms with Gasteiger partial charge in [0.2, 0.25) is 0 Å². The molecule has 1 fully saturated rings. The molecule has 0 spiro atoms. The average Bonchev–Trinajstić information content (AvgIpc) is 3.16. The minimum atomic E-state index is 0.243. The molecule has 0 saturated carbocycles. The summed E-state index contributed by atoms with van der Waals surface area (Å²) < 4.78 is 12.8. The van der Waals surface area contributed by atoms with Crippen LogP contribution in [0.5, 0.6) is 0 Å². The predicted octanol–water partition coefficient (Wildman–Crippen LogP) is 2.20. The highest BCUT2D eigenvalue weighted by Crippen LogP contribution is 2.27. The maximum absolute atomic E-state index is 5.43. The third-order valence-corrected chi connectivity index (χ3v) is 3.64. The second-order valence-electron chi connectivity index (χ2n) is 4.99. The second-order valence-corrected chi connectivity index (χ2v) is 4.99. The van der Waals surface area contributed by atoms with Crippen LogP contribution in [0.15, 0.2) is 28.9 Å². The molecule has 102 valence electrons. The summed E-state index contributed by atoms with van der Waals surface area (Å²) in [6, 6.07) is 5.87. The van der Waals surface area contributed by atoms with Gasteiger partial charge in [-0.1, -0.05) is 11.2 Å². The predicted molar refractivity (Wildman–Crippen MR) is 71.4 cm³/mol. The van der Waals surface area contributed by atoms with Crippen LogP contribution in [0.1, 0.15) is 23.9 Å². The number of ether oxygens (including phenoxy) is 1. The van der Waals surface area contributed by atoms with Crippen molar-refractivity contribution in [3.05, 3.63) is 35.9 Å². The van der Waals surface area contributed by atoms with E-state index in [1.54, 1.807) is 0 Å². The van der Waals surface area contributed by atoms with E-state index in [4.69, 9.17) is 9.26 Å². The van der Waals surface area contributed by atoms with Crippen molar-refractivity contribution in [3.63, 3.8) is 0 Å². The fourth-order valence-electron chi connectivity index (χ4n) is 2.61. The van der Waals surface area contributed by atoms with E-state index in [9.17, 15) is 0 Å². The van der Waals surface area contributed by atoms with Crippen LogP contribution in [0.25, 0.3) is 17.2 Å². The van der Waals surface area contributed by atoms with Crippen LogP contribution in [0.4, 0.5) is 0 Å². The summed E-state index contributed by atoms with van der Waals surface area (Å²) in [6.07, 6.45) is 2.90. The second kappa shape index (κ2) is 4.42. The van der Waals surface area contributed by atoms with Gasteiger partial charge in [0.25, 0.3) is 5.89 Å². The van der Waals surface area contributed by atoms with Crippen molar-refractivity contribution in [1.29, 1.82) is 0 Å². The lowest BCUT2D eigenvalue weighted by Gasteiger charge is -1.98. The van der Waals surface area contributed by atoms with Crippen LogP contribution in [0, 0.1) is 6.92 Å². The van der Waals surface area contributed by atoms with E-state index in [-0.39, 0.29) is 5.92 Å². The van der Waals surface area contributed by atoms with Gasteiger partial charge >= 0.3 is 0 Å². The molecule has 3 aromatic heterocycles. The summed E-state index contributed by atoms with van der Waals surface area (Å²) in [5.74, 6) is 1.48. The van der Waals surface area contributed by atoms with Gasteiger partial charge in [-0.2, -0.15) is 4.98 Å². The highest BCUT2D eigenvalue weighted by molar-refractivity contribution is 5.59. The molecule has 6 heteroatoms. The maximum Gasteiger partial charge on any atom is 0.276 e. The molecule has 0 aliphatic carbocycles. The highest BCUT2D eigenvalue weighted by Gasteiger charge is 2.25. The number of hydrogen-bond acceptors (Lipinski definition) is 5. The van der Waals surface area contributed by atoms with Crippen molar-refractivity contribution in [2.45, 2.75) is 19.3 Å². The lowest BCUT2D eigenvalue weighted by atomic mass is 10.1. The third kappa shape index (κ3) is 1.72. The normalized spacial score (nSPS) is 18.9. The summed E-state index contributed by atoms with van der Waals surface area (Å²) in [6.45, 7) is 3.39. The fraction of sp³-hybridized carbons (Fsp3) is 0.357. The Morgan fingerprint density at radius 1 is 1.30 bits per heavy atom. The molecule has 3 aromatic rings. The van der Waals surface area contributed by atoms with E-state index in [0.29, 0.717) is 12.5 Å². The van der Waals surface area contributed by atoms with E-state index in [0.717, 1.165) is 35.9 Å². The van der Waals surface area contributed by atoms with Crippen molar-refractivity contribution < 1.29 is 9.26 Å². The third-order valence-electron chi connectivity index (χ3n) is 3.64. The van der Waals surface area contributed by atoms with Gasteiger partial charge in [-0.15, -0.1) is 0 Å². The van der Waals surface area contributed by atoms with Crippen LogP contribution in [-0.2, 0) is 4.74 Å². The number of pyridine rings is 1. The first kappa shape index (κ1) is 11.6. The Morgan fingerprint density at radius 3 is 3.10 bits per heavy atom. The molecule has 1 aliphatic heterocycles. The molecule has 4 rings (SSSR count). The first-order valence-electron chi connectivity index (χ1n) is 6.68. The van der Waals surface area contributed by atoms with Gasteiger partial charge in [0.1, 0.15) is 11.3 Å². The first-order chi connectivity index (χ1) is 9.83. The molecule has 0 unspecified atom stereocenters. The Balaban J connectivity index is 1.81. The van der Waals surface area contributed by atoms with Gasteiger partial charge in [0, 0.05) is 18.7 Å². The lowest BCUT2D eigenvalue weighted by molar-refractivity contribution is 0.192. The molecule has 0 aromatic carbocycles. The monoisotopic (exact) mass is 270 g/mol. The number of aryl methyl sites for hydroxylation is 1. The maximum atomic E-state index is 5.43. The Labute approximate surface area is 115 Å². The molecule has 1 saturated heterocycles. The Kier molecular flexibility index (Phi) is 2.56. The fourth-order valence-corrected chi connectivity index (χ4v) is 2.61. The molecule has 0 radical (unpaired) electrons. The Bertz CT molecular complexity index is 755. The molecule has 1 aliphatic rings. The largest absolute Gasteiger partial charge is 0.381 e. The van der Waals surface area contributed by atoms with Crippen molar-refractivity contribution in [1.82, 2.24) is 19.5 Å². The molecule has 20 heavy (non-hydrogen) atoms. The van der Waals surface area contributed by atoms with Crippen LogP contribution in [0.2, 0.25) is 0 Å². The van der Waals surface area contributed by atoms with Gasteiger partial charge in [0.15, 0.2) is 5.82 Å². The van der Waals surface area contributed by atoms with E-state index < -0.39 is 0 Å². The quantitative estimate of drug-likeness (QED) is 0.714. The van der Waals surface area contributed by atoms with Crippen molar-refractivity contribution in [3.8, 4) is 11.6 Å².